The Kier molecular flexibility index (Phi) is 5.52. The minimum atomic E-state index is 0.111. The van der Waals surface area contributed by atoms with E-state index in [4.69, 9.17) is 9.97 Å². The third-order valence-electron chi connectivity index (χ3n) is 5.83. The summed E-state index contributed by atoms with van der Waals surface area (Å²) in [4.78, 5) is 30.3. The van der Waals surface area contributed by atoms with Gasteiger partial charge in [0.15, 0.2) is 0 Å². The first-order valence-electron chi connectivity index (χ1n) is 10.1. The van der Waals surface area contributed by atoms with E-state index in [-0.39, 0.29) is 5.91 Å². The third kappa shape index (κ3) is 3.99. The predicted octanol–water partition coefficient (Wildman–Crippen LogP) is 2.20. The van der Waals surface area contributed by atoms with E-state index in [0.29, 0.717) is 12.5 Å². The summed E-state index contributed by atoms with van der Waals surface area (Å²) in [6.45, 7) is 5.91. The van der Waals surface area contributed by atoms with Crippen LogP contribution in [0.25, 0.3) is 0 Å². The summed E-state index contributed by atoms with van der Waals surface area (Å²) in [7, 11) is 1.92. The van der Waals surface area contributed by atoms with E-state index >= 15 is 0 Å². The number of carbonyl (C=O) groups excluding carboxylic acids is 1. The smallest absolute Gasteiger partial charge is 0.219 e. The molecule has 1 N–H and O–H groups in total. The number of hydrogen-bond acceptors (Lipinski definition) is 6. The fourth-order valence-electron chi connectivity index (χ4n) is 4.18. The van der Waals surface area contributed by atoms with Crippen molar-refractivity contribution in [2.75, 3.05) is 32.0 Å². The third-order valence-corrected chi connectivity index (χ3v) is 5.83. The zero-order valence-electron chi connectivity index (χ0n) is 16.7. The van der Waals surface area contributed by atoms with Gasteiger partial charge < -0.3 is 10.2 Å². The molecule has 148 valence electrons. The highest BCUT2D eigenvalue weighted by molar-refractivity contribution is 5.73. The van der Waals surface area contributed by atoms with E-state index < -0.39 is 0 Å². The van der Waals surface area contributed by atoms with E-state index in [0.717, 1.165) is 74.0 Å². The molecule has 0 aromatic carbocycles. The van der Waals surface area contributed by atoms with Crippen LogP contribution in [0.2, 0.25) is 0 Å². The molecule has 0 radical (unpaired) electrons. The Morgan fingerprint density at radius 2 is 2.04 bits per heavy atom. The molecule has 2 aromatic rings. The largest absolute Gasteiger partial charge is 0.373 e. The Bertz CT molecular complexity index is 832. The van der Waals surface area contributed by atoms with Crippen molar-refractivity contribution in [1.82, 2.24) is 24.8 Å². The van der Waals surface area contributed by atoms with Gasteiger partial charge in [0.25, 0.3) is 0 Å². The molecule has 0 atom stereocenters. The summed E-state index contributed by atoms with van der Waals surface area (Å²) < 4.78 is 0. The Morgan fingerprint density at radius 3 is 2.71 bits per heavy atom. The molecule has 7 nitrogen and oxygen atoms in total. The molecule has 0 aliphatic carbocycles. The minimum Gasteiger partial charge on any atom is -0.373 e. The molecule has 1 fully saturated rings. The summed E-state index contributed by atoms with van der Waals surface area (Å²) in [6.07, 6.45) is 4.76. The van der Waals surface area contributed by atoms with Crippen molar-refractivity contribution in [3.05, 3.63) is 47.2 Å². The molecule has 7 heteroatoms. The van der Waals surface area contributed by atoms with Crippen LogP contribution in [0.4, 0.5) is 5.82 Å². The van der Waals surface area contributed by atoms with Gasteiger partial charge in [0.05, 0.1) is 17.9 Å². The molecule has 2 aliphatic heterocycles. The zero-order chi connectivity index (χ0) is 19.5. The molecular formula is C21H28N6O. The minimum absolute atomic E-state index is 0.111. The van der Waals surface area contributed by atoms with Crippen molar-refractivity contribution in [3.63, 3.8) is 0 Å². The molecule has 1 amide bonds. The number of carbonyl (C=O) groups is 1. The number of nitrogens with one attached hydrogen (secondary N) is 1. The van der Waals surface area contributed by atoms with Gasteiger partial charge in [-0.05, 0) is 44.5 Å². The number of pyridine rings is 1. The lowest BCUT2D eigenvalue weighted by Gasteiger charge is -2.32. The Labute approximate surface area is 166 Å². The van der Waals surface area contributed by atoms with Crippen LogP contribution in [0.5, 0.6) is 0 Å². The number of nitrogens with zero attached hydrogens (tertiary/aromatic N) is 5. The number of piperidine rings is 1. The maximum Gasteiger partial charge on any atom is 0.219 e. The van der Waals surface area contributed by atoms with E-state index in [2.05, 4.69) is 21.3 Å². The number of hydrogen-bond donors (Lipinski definition) is 1. The predicted molar refractivity (Wildman–Crippen MR) is 108 cm³/mol. The summed E-state index contributed by atoms with van der Waals surface area (Å²) >= 11 is 0. The summed E-state index contributed by atoms with van der Waals surface area (Å²) in [5, 5.41) is 3.25. The molecule has 4 heterocycles. The van der Waals surface area contributed by atoms with Crippen LogP contribution in [0, 0.1) is 0 Å². The standard InChI is InChI=1S/C21H28N6O/c1-15(28)27-12-8-18-19(14-27)24-20(25-21(18)22-2)16-6-10-26(11-7-16)13-17-5-3-4-9-23-17/h3-5,9,16H,6-8,10-14H2,1-2H3,(H,22,24,25). The number of likely N-dealkylation sites (tertiary alicyclic amines) is 1. The van der Waals surface area contributed by atoms with Crippen LogP contribution < -0.4 is 5.32 Å². The van der Waals surface area contributed by atoms with Gasteiger partial charge in [0, 0.05) is 44.7 Å². The van der Waals surface area contributed by atoms with Crippen molar-refractivity contribution in [1.29, 1.82) is 0 Å². The van der Waals surface area contributed by atoms with Gasteiger partial charge in [-0.2, -0.15) is 0 Å². The van der Waals surface area contributed by atoms with Crippen LogP contribution in [0.3, 0.4) is 0 Å². The molecular weight excluding hydrogens is 352 g/mol. The second-order valence-corrected chi connectivity index (χ2v) is 7.67. The fraction of sp³-hybridized carbons (Fsp3) is 0.524. The quantitative estimate of drug-likeness (QED) is 0.877. The zero-order valence-corrected chi connectivity index (χ0v) is 16.7. The maximum atomic E-state index is 11.8. The first-order chi connectivity index (χ1) is 13.6. The lowest BCUT2D eigenvalue weighted by molar-refractivity contribution is -0.129. The van der Waals surface area contributed by atoms with Crippen LogP contribution in [-0.2, 0) is 24.3 Å². The second-order valence-electron chi connectivity index (χ2n) is 7.67. The number of aromatic nitrogens is 3. The first kappa shape index (κ1) is 18.8. The Balaban J connectivity index is 1.46. The molecule has 0 saturated carbocycles. The maximum absolute atomic E-state index is 11.8. The monoisotopic (exact) mass is 380 g/mol. The Morgan fingerprint density at radius 1 is 1.21 bits per heavy atom. The average molecular weight is 380 g/mol. The van der Waals surface area contributed by atoms with Gasteiger partial charge in [0.2, 0.25) is 5.91 Å². The fourth-order valence-corrected chi connectivity index (χ4v) is 4.18. The number of fused-ring (bicyclic) bond motifs is 1. The lowest BCUT2D eigenvalue weighted by Crippen LogP contribution is -2.36. The molecule has 1 saturated heterocycles. The normalized spacial score (nSPS) is 18.0. The van der Waals surface area contributed by atoms with E-state index in [1.165, 1.54) is 0 Å². The lowest BCUT2D eigenvalue weighted by atomic mass is 9.95. The van der Waals surface area contributed by atoms with Crippen molar-refractivity contribution < 1.29 is 4.79 Å². The summed E-state index contributed by atoms with van der Waals surface area (Å²) in [5.41, 5.74) is 3.29. The molecule has 0 bridgehead atoms. The molecule has 0 spiro atoms. The highest BCUT2D eigenvalue weighted by atomic mass is 16.2. The van der Waals surface area contributed by atoms with E-state index in [1.54, 1.807) is 6.92 Å². The highest BCUT2D eigenvalue weighted by Crippen LogP contribution is 2.30. The first-order valence-corrected chi connectivity index (χ1v) is 10.1. The van der Waals surface area contributed by atoms with Gasteiger partial charge in [-0.25, -0.2) is 9.97 Å². The number of amides is 1. The van der Waals surface area contributed by atoms with Gasteiger partial charge >= 0.3 is 0 Å². The molecule has 2 aromatic heterocycles. The van der Waals surface area contributed by atoms with E-state index in [1.807, 2.05) is 30.3 Å². The van der Waals surface area contributed by atoms with Crippen molar-refractivity contribution >= 4 is 11.7 Å². The van der Waals surface area contributed by atoms with Gasteiger partial charge in [0.1, 0.15) is 11.6 Å². The van der Waals surface area contributed by atoms with E-state index in [9.17, 15) is 4.79 Å². The second kappa shape index (κ2) is 8.22. The SMILES string of the molecule is CNc1nc(C2CCN(Cc3ccccn3)CC2)nc2c1CCN(C(C)=O)C2. The van der Waals surface area contributed by atoms with Crippen LogP contribution in [0.1, 0.15) is 48.5 Å². The van der Waals surface area contributed by atoms with Crippen molar-refractivity contribution in [2.45, 2.75) is 45.2 Å². The van der Waals surface area contributed by atoms with Crippen molar-refractivity contribution in [2.24, 2.45) is 0 Å². The molecule has 0 unspecified atom stereocenters. The Hall–Kier alpha value is -2.54. The van der Waals surface area contributed by atoms with Crippen LogP contribution in [-0.4, -0.2) is 57.3 Å². The van der Waals surface area contributed by atoms with Gasteiger partial charge in [-0.15, -0.1) is 0 Å². The topological polar surface area (TPSA) is 74.2 Å². The van der Waals surface area contributed by atoms with Gasteiger partial charge in [-0.3, -0.25) is 14.7 Å². The molecule has 2 aliphatic rings. The molecule has 4 rings (SSSR count). The average Bonchev–Trinajstić information content (AvgIpc) is 2.73. The van der Waals surface area contributed by atoms with Crippen LogP contribution >= 0.6 is 0 Å². The highest BCUT2D eigenvalue weighted by Gasteiger charge is 2.27. The van der Waals surface area contributed by atoms with Crippen LogP contribution in [0.15, 0.2) is 24.4 Å². The number of rotatable bonds is 4. The van der Waals surface area contributed by atoms with Gasteiger partial charge in [-0.1, -0.05) is 6.07 Å². The van der Waals surface area contributed by atoms with Crippen molar-refractivity contribution in [3.8, 4) is 0 Å². The summed E-state index contributed by atoms with van der Waals surface area (Å²) in [6, 6.07) is 6.08. The molecule has 28 heavy (non-hydrogen) atoms. The number of anilines is 1. The summed E-state index contributed by atoms with van der Waals surface area (Å²) in [5.74, 6) is 2.33.